The van der Waals surface area contributed by atoms with Gasteiger partial charge < -0.3 is 0 Å². The van der Waals surface area contributed by atoms with Crippen molar-refractivity contribution < 1.29 is 15.7 Å². The molecule has 0 aliphatic rings. The molecular formula is C19H29IO4. The van der Waals surface area contributed by atoms with Crippen LogP contribution < -0.4 is 0 Å². The van der Waals surface area contributed by atoms with E-state index in [4.69, 9.17) is 6.13 Å². The summed E-state index contributed by atoms with van der Waals surface area (Å²) in [7, 11) is 0. The van der Waals surface area contributed by atoms with Crippen molar-refractivity contribution in [3.05, 3.63) is 32.4 Å². The molecule has 5 heteroatoms. The normalized spacial score (nSPS) is 11.9. The summed E-state index contributed by atoms with van der Waals surface area (Å²) in [5.74, 6) is 0.0978. The molecule has 1 aromatic rings. The molecule has 0 aliphatic carbocycles. The molecule has 0 spiro atoms. The maximum absolute atomic E-state index is 11.6. The summed E-state index contributed by atoms with van der Waals surface area (Å²) < 4.78 is 12.0. The first-order valence-corrected chi connectivity index (χ1v) is 11.1. The van der Waals surface area contributed by atoms with E-state index in [1.807, 2.05) is 0 Å². The van der Waals surface area contributed by atoms with Crippen molar-refractivity contribution in [3.63, 3.8) is 0 Å². The molecule has 0 atom stereocenters. The molecule has 1 rings (SSSR count). The van der Waals surface area contributed by atoms with Crippen LogP contribution in [-0.2, 0) is 15.7 Å². The molecule has 0 unspecified atom stereocenters. The Hall–Kier alpha value is -1.11. The van der Waals surface area contributed by atoms with Crippen molar-refractivity contribution in [1.29, 1.82) is 0 Å². The number of rotatable bonds is 6. The quantitative estimate of drug-likeness (QED) is 0.525. The second-order valence-electron chi connectivity index (χ2n) is 6.83. The molecule has 0 saturated carbocycles. The zero-order valence-corrected chi connectivity index (χ0v) is 18.1. The minimum atomic E-state index is -2.86. The van der Waals surface area contributed by atoms with Crippen molar-refractivity contribution >= 4 is 32.6 Å². The molecule has 4 nitrogen and oxygen atoms in total. The van der Waals surface area contributed by atoms with Crippen LogP contribution >= 0.6 is 20.6 Å². The van der Waals surface area contributed by atoms with E-state index in [9.17, 15) is 9.59 Å². The first-order valence-electron chi connectivity index (χ1n) is 8.30. The van der Waals surface area contributed by atoms with Crippen LogP contribution in [-0.4, -0.2) is 11.9 Å². The second kappa shape index (κ2) is 8.83. The van der Waals surface area contributed by atoms with Crippen LogP contribution in [0, 0.1) is 3.57 Å². The van der Waals surface area contributed by atoms with Gasteiger partial charge in [-0.3, -0.25) is 0 Å². The van der Waals surface area contributed by atoms with Gasteiger partial charge in [-0.25, -0.2) is 0 Å². The van der Waals surface area contributed by atoms with Gasteiger partial charge in [-0.05, 0) is 0 Å². The van der Waals surface area contributed by atoms with Crippen molar-refractivity contribution in [2.75, 3.05) is 0 Å². The number of benzene rings is 1. The molecule has 0 aliphatic heterocycles. The van der Waals surface area contributed by atoms with Crippen molar-refractivity contribution in [2.45, 2.75) is 73.1 Å². The molecule has 0 heterocycles. The number of carbonyl (C=O) groups is 2. The van der Waals surface area contributed by atoms with Gasteiger partial charge in [0.1, 0.15) is 0 Å². The van der Waals surface area contributed by atoms with Crippen LogP contribution in [0.3, 0.4) is 0 Å². The Morgan fingerprint density at radius 3 is 1.42 bits per heavy atom. The van der Waals surface area contributed by atoms with Crippen LogP contribution in [0.1, 0.15) is 89.8 Å². The van der Waals surface area contributed by atoms with Crippen LogP contribution in [0.5, 0.6) is 0 Å². The van der Waals surface area contributed by atoms with E-state index >= 15 is 0 Å². The number of hydrogen-bond donors (Lipinski definition) is 0. The van der Waals surface area contributed by atoms with Gasteiger partial charge in [0.05, 0.1) is 0 Å². The van der Waals surface area contributed by atoms with E-state index < -0.39 is 32.6 Å². The van der Waals surface area contributed by atoms with Gasteiger partial charge in [-0.15, -0.1) is 0 Å². The fourth-order valence-corrected chi connectivity index (χ4v) is 6.57. The summed E-state index contributed by atoms with van der Waals surface area (Å²) in [5.41, 5.74) is 3.50. The van der Waals surface area contributed by atoms with E-state index in [1.165, 1.54) is 19.4 Å². The van der Waals surface area contributed by atoms with E-state index in [0.29, 0.717) is 5.92 Å². The Kier molecular flexibility index (Phi) is 7.70. The van der Waals surface area contributed by atoms with E-state index in [2.05, 4.69) is 53.7 Å². The Morgan fingerprint density at radius 1 is 0.792 bits per heavy atom. The van der Waals surface area contributed by atoms with Crippen LogP contribution in [0.15, 0.2) is 12.1 Å². The van der Waals surface area contributed by atoms with Gasteiger partial charge in [0, 0.05) is 0 Å². The average molecular weight is 448 g/mol. The fraction of sp³-hybridized carbons (Fsp3) is 0.579. The molecule has 1 aromatic carbocycles. The summed E-state index contributed by atoms with van der Waals surface area (Å²) in [5, 5.41) is 0. The summed E-state index contributed by atoms with van der Waals surface area (Å²) >= 11 is -2.86. The monoisotopic (exact) mass is 448 g/mol. The van der Waals surface area contributed by atoms with Crippen LogP contribution in [0.4, 0.5) is 0 Å². The zero-order chi connectivity index (χ0) is 18.6. The molecule has 0 radical (unpaired) electrons. The van der Waals surface area contributed by atoms with Crippen molar-refractivity contribution in [2.24, 2.45) is 0 Å². The number of carbonyl (C=O) groups excluding carboxylic acids is 2. The molecule has 0 amide bonds. The summed E-state index contributed by atoms with van der Waals surface area (Å²) in [6.45, 7) is 15.5. The zero-order valence-electron chi connectivity index (χ0n) is 15.9. The van der Waals surface area contributed by atoms with E-state index in [-0.39, 0.29) is 11.8 Å². The molecular weight excluding hydrogens is 419 g/mol. The number of halogens is 1. The van der Waals surface area contributed by atoms with Crippen LogP contribution in [0.25, 0.3) is 0 Å². The average Bonchev–Trinajstić information content (AvgIpc) is 2.43. The Morgan fingerprint density at radius 2 is 1.17 bits per heavy atom. The first-order chi connectivity index (χ1) is 11.0. The third-order valence-corrected chi connectivity index (χ3v) is 7.74. The van der Waals surface area contributed by atoms with Gasteiger partial charge in [-0.1, -0.05) is 0 Å². The summed E-state index contributed by atoms with van der Waals surface area (Å²) in [6, 6.07) is 4.35. The van der Waals surface area contributed by atoms with Gasteiger partial charge in [0.2, 0.25) is 0 Å². The minimum absolute atomic E-state index is 0.252. The third kappa shape index (κ3) is 5.46. The van der Waals surface area contributed by atoms with Crippen molar-refractivity contribution in [3.8, 4) is 0 Å². The molecule has 136 valence electrons. The number of hydrogen-bond acceptors (Lipinski definition) is 4. The Balaban J connectivity index is 3.65. The van der Waals surface area contributed by atoms with Gasteiger partial charge in [-0.2, -0.15) is 0 Å². The van der Waals surface area contributed by atoms with Crippen molar-refractivity contribution in [1.82, 2.24) is 0 Å². The standard InChI is InChI=1S/C19H29IO4/c1-11(2)16-9-17(12(3)4)19(18(10-16)13(5)6)20(23-14(7)21)24-15(8)22/h9-13H,1-8H3. The van der Waals surface area contributed by atoms with E-state index in [0.717, 1.165) is 14.7 Å². The van der Waals surface area contributed by atoms with Gasteiger partial charge in [0.15, 0.2) is 0 Å². The molecule has 0 bridgehead atoms. The third-order valence-electron chi connectivity index (χ3n) is 3.57. The summed E-state index contributed by atoms with van der Waals surface area (Å²) in [6.07, 6.45) is 0. The second-order valence-corrected chi connectivity index (χ2v) is 10.0. The molecule has 24 heavy (non-hydrogen) atoms. The fourth-order valence-electron chi connectivity index (χ4n) is 2.34. The van der Waals surface area contributed by atoms with Gasteiger partial charge >= 0.3 is 154 Å². The molecule has 0 aromatic heterocycles. The predicted molar refractivity (Wildman–Crippen MR) is 105 cm³/mol. The summed E-state index contributed by atoms with van der Waals surface area (Å²) in [4.78, 5) is 23.1. The van der Waals surface area contributed by atoms with Crippen LogP contribution in [0.2, 0.25) is 0 Å². The first kappa shape index (κ1) is 20.9. The van der Waals surface area contributed by atoms with E-state index in [1.54, 1.807) is 0 Å². The SMILES string of the molecule is CC(=O)OI(OC(C)=O)c1c(C(C)C)cc(C(C)C)cc1C(C)C. The topological polar surface area (TPSA) is 52.6 Å². The maximum atomic E-state index is 11.6. The molecule has 0 saturated heterocycles. The molecule has 0 fully saturated rings. The predicted octanol–water partition coefficient (Wildman–Crippen LogP) is 5.69. The van der Waals surface area contributed by atoms with Gasteiger partial charge in [0.25, 0.3) is 0 Å². The Labute approximate surface area is 153 Å². The molecule has 0 N–H and O–H groups in total. The Bertz CT molecular complexity index is 560.